The van der Waals surface area contributed by atoms with E-state index in [-0.39, 0.29) is 53.8 Å². The van der Waals surface area contributed by atoms with Crippen LogP contribution in [0.25, 0.3) is 0 Å². The highest BCUT2D eigenvalue weighted by Crippen LogP contribution is 2.65. The molecule has 2 aromatic rings. The molecule has 0 radical (unpaired) electrons. The number of hydrogen-bond donors (Lipinski definition) is 2. The van der Waals surface area contributed by atoms with Crippen molar-refractivity contribution < 1.29 is 33.5 Å². The number of ketones is 1. The molecule has 4 fully saturated rings. The first-order valence-corrected chi connectivity index (χ1v) is 13.6. The molecule has 4 aliphatic rings. The quantitative estimate of drug-likeness (QED) is 0.345. The fourth-order valence-corrected chi connectivity index (χ4v) is 6.95. The maximum Gasteiger partial charge on any atom is 0.482 e. The lowest BCUT2D eigenvalue weighted by atomic mass is 9.43. The summed E-state index contributed by atoms with van der Waals surface area (Å²) in [6.45, 7) is 6.69. The normalized spacial score (nSPS) is 27.2. The molecular weight excluding hydrogens is 497 g/mol. The van der Waals surface area contributed by atoms with Gasteiger partial charge in [0.2, 0.25) is 5.91 Å². The first-order valence-electron chi connectivity index (χ1n) is 13.6. The first kappa shape index (κ1) is 27.4. The summed E-state index contributed by atoms with van der Waals surface area (Å²) in [7, 11) is 0.712. The molecule has 2 N–H and O–H groups in total. The Labute approximate surface area is 229 Å². The number of carboxylic acid groups (broad SMARTS) is 1. The summed E-state index contributed by atoms with van der Waals surface area (Å²) >= 11 is 0. The average Bonchev–Trinajstić information content (AvgIpc) is 3.28. The molecule has 1 saturated heterocycles. The molecule has 8 nitrogen and oxygen atoms in total. The van der Waals surface area contributed by atoms with Gasteiger partial charge in [-0.3, -0.25) is 9.59 Å². The lowest BCUT2D eigenvalue weighted by molar-refractivity contribution is -0.199. The number of rotatable bonds is 10. The van der Waals surface area contributed by atoms with Crippen molar-refractivity contribution in [2.24, 2.45) is 17.3 Å². The van der Waals surface area contributed by atoms with Crippen LogP contribution in [0.4, 0.5) is 0 Å². The summed E-state index contributed by atoms with van der Waals surface area (Å²) in [5, 5.41) is 12.7. The highest BCUT2D eigenvalue weighted by atomic mass is 16.7. The van der Waals surface area contributed by atoms with Crippen molar-refractivity contribution >= 4 is 24.8 Å². The molecule has 5 unspecified atom stereocenters. The Hall–Kier alpha value is -3.17. The van der Waals surface area contributed by atoms with Gasteiger partial charge in [0.25, 0.3) is 0 Å². The molecule has 206 valence electrons. The van der Waals surface area contributed by atoms with E-state index in [1.54, 1.807) is 36.4 Å². The minimum absolute atomic E-state index is 0.0156. The molecule has 3 saturated carbocycles. The average molecular weight is 533 g/mol. The van der Waals surface area contributed by atoms with Crippen LogP contribution >= 0.6 is 0 Å². The number of methoxy groups -OCH3 is 1. The lowest BCUT2D eigenvalue weighted by Crippen LogP contribution is -2.65. The number of hydrogen-bond acceptors (Lipinski definition) is 6. The number of para-hydroxylation sites is 1. The van der Waals surface area contributed by atoms with Crippen LogP contribution in [0.1, 0.15) is 72.7 Å². The van der Waals surface area contributed by atoms with E-state index in [0.29, 0.717) is 23.0 Å². The zero-order chi connectivity index (χ0) is 27.9. The van der Waals surface area contributed by atoms with Crippen molar-refractivity contribution in [3.63, 3.8) is 0 Å². The van der Waals surface area contributed by atoms with Gasteiger partial charge in [0.15, 0.2) is 5.78 Å². The zero-order valence-corrected chi connectivity index (χ0v) is 22.9. The van der Waals surface area contributed by atoms with E-state index in [9.17, 15) is 19.5 Å². The SMILES string of the molecule is COc1c(CC(NC(=O)CCC(=O)c2ccccc2)B2OC3CC4CC(C4(C)C)C3(C)O2)cccc1C(=O)O. The van der Waals surface area contributed by atoms with Crippen LogP contribution in [-0.2, 0) is 20.5 Å². The van der Waals surface area contributed by atoms with Gasteiger partial charge in [0.05, 0.1) is 24.8 Å². The van der Waals surface area contributed by atoms with Crippen LogP contribution in [0.3, 0.4) is 0 Å². The third kappa shape index (κ3) is 4.98. The molecule has 3 aliphatic carbocycles. The molecule has 1 aliphatic heterocycles. The van der Waals surface area contributed by atoms with Crippen LogP contribution in [0.2, 0.25) is 0 Å². The number of carboxylic acids is 1. The van der Waals surface area contributed by atoms with E-state index in [1.165, 1.54) is 13.2 Å². The largest absolute Gasteiger partial charge is 0.496 e. The third-order valence-electron chi connectivity index (χ3n) is 9.29. The maximum atomic E-state index is 13.1. The summed E-state index contributed by atoms with van der Waals surface area (Å²) in [5.41, 5.74) is 0.935. The van der Waals surface area contributed by atoms with Gasteiger partial charge in [-0.1, -0.05) is 56.3 Å². The van der Waals surface area contributed by atoms with Crippen molar-refractivity contribution in [2.45, 2.75) is 70.5 Å². The summed E-state index contributed by atoms with van der Waals surface area (Å²) < 4.78 is 18.6. The van der Waals surface area contributed by atoms with E-state index in [1.807, 2.05) is 6.07 Å². The van der Waals surface area contributed by atoms with Crippen LogP contribution in [-0.4, -0.2) is 54.6 Å². The van der Waals surface area contributed by atoms with Gasteiger partial charge in [0.1, 0.15) is 11.3 Å². The molecule has 2 aromatic carbocycles. The molecule has 39 heavy (non-hydrogen) atoms. The van der Waals surface area contributed by atoms with E-state index in [0.717, 1.165) is 12.8 Å². The monoisotopic (exact) mass is 533 g/mol. The molecule has 9 heteroatoms. The minimum atomic E-state index is -1.09. The van der Waals surface area contributed by atoms with Gasteiger partial charge in [0, 0.05) is 18.4 Å². The summed E-state index contributed by atoms with van der Waals surface area (Å²) in [5.74, 6) is -0.932. The Kier molecular flexibility index (Phi) is 7.33. The second-order valence-electron chi connectivity index (χ2n) is 11.8. The van der Waals surface area contributed by atoms with Crippen LogP contribution in [0.5, 0.6) is 5.75 Å². The fraction of sp³-hybridized carbons (Fsp3) is 0.500. The van der Waals surface area contributed by atoms with E-state index < -0.39 is 24.6 Å². The first-order chi connectivity index (χ1) is 18.5. The molecule has 5 atom stereocenters. The maximum absolute atomic E-state index is 13.1. The summed E-state index contributed by atoms with van der Waals surface area (Å²) in [6.07, 6.45) is 2.26. The third-order valence-corrected chi connectivity index (χ3v) is 9.29. The van der Waals surface area contributed by atoms with E-state index in [2.05, 4.69) is 26.1 Å². The van der Waals surface area contributed by atoms with Gasteiger partial charge >= 0.3 is 13.1 Å². The van der Waals surface area contributed by atoms with E-state index in [4.69, 9.17) is 14.0 Å². The highest BCUT2D eigenvalue weighted by molar-refractivity contribution is 6.48. The molecule has 6 rings (SSSR count). The van der Waals surface area contributed by atoms with Crippen LogP contribution in [0.15, 0.2) is 48.5 Å². The molecular formula is C30H36BNO7. The number of Topliss-reactive ketones (excluding diaryl/α,β-unsaturated/α-hetero) is 1. The molecule has 1 heterocycles. The predicted octanol–water partition coefficient (Wildman–Crippen LogP) is 4.35. The fourth-order valence-electron chi connectivity index (χ4n) is 6.95. The van der Waals surface area contributed by atoms with Gasteiger partial charge in [-0.25, -0.2) is 4.79 Å². The Morgan fingerprint density at radius 3 is 2.49 bits per heavy atom. The Balaban J connectivity index is 1.36. The van der Waals surface area contributed by atoms with E-state index >= 15 is 0 Å². The molecule has 0 spiro atoms. The van der Waals surface area contributed by atoms with Crippen LogP contribution < -0.4 is 10.1 Å². The number of benzene rings is 2. The van der Waals surface area contributed by atoms with Crippen LogP contribution in [0, 0.1) is 17.3 Å². The molecule has 1 amide bonds. The standard InChI is InChI=1S/C30H36BNO7/c1-29(2)20-16-23(29)30(3)24(17-20)38-31(39-30)25(15-19-11-8-12-21(28(35)36)27(19)37-4)32-26(34)14-13-22(33)18-9-6-5-7-10-18/h5-12,20,23-25H,13-17H2,1-4H3,(H,32,34)(H,35,36). The van der Waals surface area contributed by atoms with Gasteiger partial charge < -0.3 is 24.5 Å². The van der Waals surface area contributed by atoms with Crippen molar-refractivity contribution in [1.29, 1.82) is 0 Å². The number of carbonyl (C=O) groups excluding carboxylic acids is 2. The van der Waals surface area contributed by atoms with Gasteiger partial charge in [-0.15, -0.1) is 0 Å². The minimum Gasteiger partial charge on any atom is -0.496 e. The zero-order valence-electron chi connectivity index (χ0n) is 22.9. The Bertz CT molecular complexity index is 1270. The lowest BCUT2D eigenvalue weighted by Gasteiger charge is -2.64. The number of amides is 1. The number of aromatic carboxylic acids is 1. The predicted molar refractivity (Wildman–Crippen MR) is 146 cm³/mol. The Morgan fingerprint density at radius 1 is 1.08 bits per heavy atom. The van der Waals surface area contributed by atoms with Crippen molar-refractivity contribution in [3.05, 3.63) is 65.2 Å². The second kappa shape index (κ2) is 10.4. The summed E-state index contributed by atoms with van der Waals surface area (Å²) in [4.78, 5) is 37.5. The topological polar surface area (TPSA) is 111 Å². The molecule has 0 aromatic heterocycles. The van der Waals surface area contributed by atoms with Gasteiger partial charge in [-0.2, -0.15) is 0 Å². The van der Waals surface area contributed by atoms with Crippen molar-refractivity contribution in [1.82, 2.24) is 5.32 Å². The Morgan fingerprint density at radius 2 is 1.82 bits per heavy atom. The number of carbonyl (C=O) groups is 3. The highest BCUT2D eigenvalue weighted by Gasteiger charge is 2.68. The van der Waals surface area contributed by atoms with Crippen molar-refractivity contribution in [3.8, 4) is 5.75 Å². The van der Waals surface area contributed by atoms with Crippen molar-refractivity contribution in [2.75, 3.05) is 7.11 Å². The van der Waals surface area contributed by atoms with Gasteiger partial charge in [-0.05, 0) is 55.1 Å². The number of ether oxygens (including phenoxy) is 1. The summed E-state index contributed by atoms with van der Waals surface area (Å²) in [6, 6.07) is 13.8. The second-order valence-corrected chi connectivity index (χ2v) is 11.8. The molecule has 2 bridgehead atoms. The number of nitrogens with one attached hydrogen (secondary N) is 1. The smallest absolute Gasteiger partial charge is 0.482 e.